The van der Waals surface area contributed by atoms with Crippen molar-refractivity contribution in [1.29, 1.82) is 0 Å². The number of benzene rings is 2. The van der Waals surface area contributed by atoms with Crippen molar-refractivity contribution in [1.82, 2.24) is 0 Å². The quantitative estimate of drug-likeness (QED) is 0.466. The van der Waals surface area contributed by atoms with Crippen LogP contribution in [0.1, 0.15) is 54.7 Å². The summed E-state index contributed by atoms with van der Waals surface area (Å²) in [6.07, 6.45) is 9.05. The highest BCUT2D eigenvalue weighted by Gasteiger charge is 2.27. The summed E-state index contributed by atoms with van der Waals surface area (Å²) in [5, 5.41) is 0. The fourth-order valence-electron chi connectivity index (χ4n) is 4.22. The summed E-state index contributed by atoms with van der Waals surface area (Å²) < 4.78 is 0. The first-order valence-corrected chi connectivity index (χ1v) is 8.20. The normalized spacial score (nSPS) is 16.7. The highest BCUT2D eigenvalue weighted by atomic mass is 16.1. The van der Waals surface area contributed by atoms with Crippen LogP contribution in [-0.4, -0.2) is 6.08 Å². The van der Waals surface area contributed by atoms with Gasteiger partial charge in [-0.25, -0.2) is 4.79 Å². The molecule has 0 aromatic heterocycles. The van der Waals surface area contributed by atoms with E-state index in [0.29, 0.717) is 5.92 Å². The third-order valence-electron chi connectivity index (χ3n) is 5.19. The molecule has 2 heteroatoms. The van der Waals surface area contributed by atoms with Crippen molar-refractivity contribution in [2.75, 3.05) is 0 Å². The van der Waals surface area contributed by atoms with E-state index in [-0.39, 0.29) is 0 Å². The Balaban J connectivity index is 1.89. The number of rotatable bonds is 2. The van der Waals surface area contributed by atoms with E-state index < -0.39 is 0 Å². The molecule has 0 saturated heterocycles. The van der Waals surface area contributed by atoms with E-state index >= 15 is 0 Å². The Morgan fingerprint density at radius 3 is 2.59 bits per heavy atom. The molecule has 0 aliphatic heterocycles. The van der Waals surface area contributed by atoms with E-state index in [0.717, 1.165) is 12.1 Å². The van der Waals surface area contributed by atoms with Crippen LogP contribution in [0, 0.1) is 0 Å². The molecule has 2 aromatic rings. The van der Waals surface area contributed by atoms with Gasteiger partial charge in [0.05, 0.1) is 5.69 Å². The van der Waals surface area contributed by atoms with Crippen LogP contribution in [-0.2, 0) is 11.2 Å². The van der Waals surface area contributed by atoms with E-state index in [1.54, 1.807) is 6.08 Å². The summed E-state index contributed by atoms with van der Waals surface area (Å²) in [5.74, 6) is 0.546. The molecule has 2 nitrogen and oxygen atoms in total. The average Bonchev–Trinajstić information content (AvgIpc) is 2.94. The largest absolute Gasteiger partial charge is 0.240 e. The van der Waals surface area contributed by atoms with Crippen molar-refractivity contribution >= 4 is 11.8 Å². The molecule has 0 bridgehead atoms. The molecule has 1 fully saturated rings. The molecule has 2 aliphatic carbocycles. The highest BCUT2D eigenvalue weighted by molar-refractivity contribution is 5.81. The molecule has 4 rings (SSSR count). The third-order valence-corrected chi connectivity index (χ3v) is 5.19. The number of hydrogen-bond donors (Lipinski definition) is 0. The Kier molecular flexibility index (Phi) is 3.40. The summed E-state index contributed by atoms with van der Waals surface area (Å²) in [6, 6.07) is 12.8. The second kappa shape index (κ2) is 5.55. The van der Waals surface area contributed by atoms with Crippen LogP contribution in [0.25, 0.3) is 11.1 Å². The average molecular weight is 289 g/mol. The Morgan fingerprint density at radius 2 is 1.77 bits per heavy atom. The lowest BCUT2D eigenvalue weighted by Crippen LogP contribution is -2.07. The van der Waals surface area contributed by atoms with Gasteiger partial charge in [0.15, 0.2) is 0 Å². The maximum Gasteiger partial charge on any atom is 0.240 e. The fraction of sp³-hybridized carbons (Fsp3) is 0.350. The van der Waals surface area contributed by atoms with Gasteiger partial charge in [-0.3, -0.25) is 0 Å². The van der Waals surface area contributed by atoms with E-state index in [9.17, 15) is 4.79 Å². The minimum Gasteiger partial charge on any atom is -0.211 e. The molecule has 0 unspecified atom stereocenters. The van der Waals surface area contributed by atoms with Crippen LogP contribution in [0.4, 0.5) is 5.69 Å². The smallest absolute Gasteiger partial charge is 0.211 e. The van der Waals surface area contributed by atoms with Crippen LogP contribution in [0.3, 0.4) is 0 Å². The first-order chi connectivity index (χ1) is 10.9. The second-order valence-corrected chi connectivity index (χ2v) is 6.40. The Bertz CT molecular complexity index is 765. The standard InChI is InChI=1S/C20H19NO/c22-13-21-19-11-10-17-16-9-5-4-8-15(16)12-18(17)20(19)14-6-2-1-3-7-14/h4-5,8-11,14H,1-3,6-7,12H2. The zero-order chi connectivity index (χ0) is 14.9. The van der Waals surface area contributed by atoms with Crippen LogP contribution >= 0.6 is 0 Å². The zero-order valence-electron chi connectivity index (χ0n) is 12.6. The van der Waals surface area contributed by atoms with Crippen molar-refractivity contribution in [2.45, 2.75) is 44.4 Å². The topological polar surface area (TPSA) is 29.4 Å². The van der Waals surface area contributed by atoms with E-state index in [1.165, 1.54) is 59.9 Å². The molecule has 0 heterocycles. The van der Waals surface area contributed by atoms with Crippen molar-refractivity contribution < 1.29 is 4.79 Å². The number of hydrogen-bond acceptors (Lipinski definition) is 2. The SMILES string of the molecule is O=C=Nc1ccc2c(c1C1CCCCC1)Cc1ccccc1-2. The summed E-state index contributed by atoms with van der Waals surface area (Å²) in [4.78, 5) is 14.9. The predicted octanol–water partition coefficient (Wildman–Crippen LogP) is 5.27. The molecular weight excluding hydrogens is 270 g/mol. The molecule has 0 N–H and O–H groups in total. The minimum atomic E-state index is 0.546. The van der Waals surface area contributed by atoms with Gasteiger partial charge in [-0.15, -0.1) is 0 Å². The van der Waals surface area contributed by atoms with Gasteiger partial charge in [0, 0.05) is 0 Å². The van der Waals surface area contributed by atoms with Crippen LogP contribution in [0.5, 0.6) is 0 Å². The molecule has 2 aromatic carbocycles. The van der Waals surface area contributed by atoms with E-state index in [4.69, 9.17) is 0 Å². The molecule has 0 spiro atoms. The number of aliphatic imine (C=N–C) groups is 1. The summed E-state index contributed by atoms with van der Waals surface area (Å²) >= 11 is 0. The van der Waals surface area contributed by atoms with Gasteiger partial charge < -0.3 is 0 Å². The molecule has 22 heavy (non-hydrogen) atoms. The van der Waals surface area contributed by atoms with Crippen molar-refractivity contribution in [3.8, 4) is 11.1 Å². The lowest BCUT2D eigenvalue weighted by atomic mass is 9.80. The number of nitrogens with zero attached hydrogens (tertiary/aromatic N) is 1. The Morgan fingerprint density at radius 1 is 0.955 bits per heavy atom. The fourth-order valence-corrected chi connectivity index (χ4v) is 4.22. The number of isocyanates is 1. The summed E-state index contributed by atoms with van der Waals surface area (Å²) in [6.45, 7) is 0. The minimum absolute atomic E-state index is 0.546. The lowest BCUT2D eigenvalue weighted by Gasteiger charge is -2.25. The lowest BCUT2D eigenvalue weighted by molar-refractivity contribution is 0.442. The van der Waals surface area contributed by atoms with E-state index in [2.05, 4.69) is 35.3 Å². The monoisotopic (exact) mass is 289 g/mol. The Labute approximate surface area is 130 Å². The molecule has 0 radical (unpaired) electrons. The van der Waals surface area contributed by atoms with Crippen molar-refractivity contribution in [3.05, 3.63) is 53.1 Å². The van der Waals surface area contributed by atoms with Crippen LogP contribution < -0.4 is 0 Å². The summed E-state index contributed by atoms with van der Waals surface area (Å²) in [7, 11) is 0. The molecule has 2 aliphatic rings. The highest BCUT2D eigenvalue weighted by Crippen LogP contribution is 2.47. The van der Waals surface area contributed by atoms with Gasteiger partial charge >= 0.3 is 0 Å². The van der Waals surface area contributed by atoms with Crippen molar-refractivity contribution in [2.24, 2.45) is 4.99 Å². The van der Waals surface area contributed by atoms with Crippen molar-refractivity contribution in [3.63, 3.8) is 0 Å². The van der Waals surface area contributed by atoms with Gasteiger partial charge in [-0.2, -0.15) is 4.99 Å². The van der Waals surface area contributed by atoms with Gasteiger partial charge in [-0.05, 0) is 59.1 Å². The third kappa shape index (κ3) is 2.12. The van der Waals surface area contributed by atoms with E-state index in [1.807, 2.05) is 6.07 Å². The predicted molar refractivity (Wildman–Crippen MR) is 88.3 cm³/mol. The molecule has 0 atom stereocenters. The first kappa shape index (κ1) is 13.5. The summed E-state index contributed by atoms with van der Waals surface area (Å²) in [5.41, 5.74) is 7.62. The molecule has 1 saturated carbocycles. The first-order valence-electron chi connectivity index (χ1n) is 8.20. The van der Waals surface area contributed by atoms with Crippen LogP contribution in [0.2, 0.25) is 0 Å². The second-order valence-electron chi connectivity index (χ2n) is 6.40. The maximum atomic E-state index is 10.8. The Hall–Kier alpha value is -2.18. The van der Waals surface area contributed by atoms with Gasteiger partial charge in [0.25, 0.3) is 0 Å². The maximum absolute atomic E-state index is 10.8. The number of fused-ring (bicyclic) bond motifs is 3. The van der Waals surface area contributed by atoms with Crippen LogP contribution in [0.15, 0.2) is 41.4 Å². The van der Waals surface area contributed by atoms with Gasteiger partial charge in [0.2, 0.25) is 6.08 Å². The molecular formula is C20H19NO. The van der Waals surface area contributed by atoms with Gasteiger partial charge in [-0.1, -0.05) is 49.6 Å². The number of carbonyl (C=O) groups excluding carboxylic acids is 1. The molecule has 0 amide bonds. The molecule has 110 valence electrons. The van der Waals surface area contributed by atoms with Gasteiger partial charge in [0.1, 0.15) is 0 Å². The zero-order valence-corrected chi connectivity index (χ0v) is 12.6.